The normalized spacial score (nSPS) is 13.1. The highest BCUT2D eigenvalue weighted by molar-refractivity contribution is 5.74. The Kier molecular flexibility index (Phi) is 12.6. The fourth-order valence-electron chi connectivity index (χ4n) is 2.11. The lowest BCUT2D eigenvalue weighted by Gasteiger charge is -2.11. The Labute approximate surface area is 124 Å². The Morgan fingerprint density at radius 3 is 2.15 bits per heavy atom. The van der Waals surface area contributed by atoms with Crippen molar-refractivity contribution in [3.05, 3.63) is 12.2 Å². The molecule has 0 radical (unpaired) electrons. The molecule has 0 aromatic rings. The molecule has 3 nitrogen and oxygen atoms in total. The molecule has 0 N–H and O–H groups in total. The summed E-state index contributed by atoms with van der Waals surface area (Å²) in [6, 6.07) is 0. The van der Waals surface area contributed by atoms with Gasteiger partial charge in [-0.1, -0.05) is 45.3 Å². The van der Waals surface area contributed by atoms with Crippen LogP contribution in [0.4, 0.5) is 0 Å². The summed E-state index contributed by atoms with van der Waals surface area (Å²) in [5.41, 5.74) is 0. The van der Waals surface area contributed by atoms with Gasteiger partial charge in [0.25, 0.3) is 0 Å². The molecule has 0 aliphatic heterocycles. The maximum Gasteiger partial charge on any atom is 0.334 e. The zero-order valence-electron chi connectivity index (χ0n) is 13.7. The maximum atomic E-state index is 11.3. The Morgan fingerprint density at radius 2 is 1.60 bits per heavy atom. The monoisotopic (exact) mass is 284 g/mol. The van der Waals surface area contributed by atoms with Crippen LogP contribution < -0.4 is 0 Å². The number of ether oxygens (including phenoxy) is 2. The molecule has 0 fully saturated rings. The highest BCUT2D eigenvalue weighted by Crippen LogP contribution is 2.10. The molecule has 0 heterocycles. The molecule has 1 unspecified atom stereocenters. The molecule has 0 bridgehead atoms. The van der Waals surface area contributed by atoms with Crippen LogP contribution in [-0.4, -0.2) is 26.3 Å². The minimum Gasteiger partial charge on any atom is -0.467 e. The first-order chi connectivity index (χ1) is 9.61. The number of hydrogen-bond acceptors (Lipinski definition) is 3. The number of esters is 1. The summed E-state index contributed by atoms with van der Waals surface area (Å²) in [6.07, 6.45) is 13.2. The fraction of sp³-hybridized carbons (Fsp3) is 0.824. The Hall–Kier alpha value is -0.830. The summed E-state index contributed by atoms with van der Waals surface area (Å²) in [6.45, 7) is 4.56. The smallest absolute Gasteiger partial charge is 0.334 e. The predicted molar refractivity (Wildman–Crippen MR) is 83.7 cm³/mol. The number of carbonyl (C=O) groups excluding carboxylic acids is 1. The Bertz CT molecular complexity index is 259. The third kappa shape index (κ3) is 11.0. The average Bonchev–Trinajstić information content (AvgIpc) is 2.44. The van der Waals surface area contributed by atoms with Crippen molar-refractivity contribution in [3.8, 4) is 0 Å². The predicted octanol–water partition coefficient (Wildman–Crippen LogP) is 4.51. The second-order valence-electron chi connectivity index (χ2n) is 5.68. The minimum absolute atomic E-state index is 0.276. The number of hydrogen-bond donors (Lipinski definition) is 0. The van der Waals surface area contributed by atoms with Crippen molar-refractivity contribution in [1.82, 2.24) is 0 Å². The molecular weight excluding hydrogens is 252 g/mol. The maximum absolute atomic E-state index is 11.3. The van der Waals surface area contributed by atoms with Gasteiger partial charge in [-0.05, 0) is 38.0 Å². The summed E-state index contributed by atoms with van der Waals surface area (Å²) in [5, 5.41) is 0. The average molecular weight is 284 g/mol. The lowest BCUT2D eigenvalue weighted by molar-refractivity contribution is -0.152. The van der Waals surface area contributed by atoms with E-state index in [4.69, 9.17) is 4.74 Å². The standard InChI is InChI=1S/C17H32O3/c1-15(2)13-11-9-7-5-6-8-10-12-14-16(19-3)17(18)20-4/h6,8,15-16H,5,7,9-14H2,1-4H3. The van der Waals surface area contributed by atoms with Gasteiger partial charge in [-0.15, -0.1) is 0 Å². The van der Waals surface area contributed by atoms with Crippen LogP contribution in [0.5, 0.6) is 0 Å². The summed E-state index contributed by atoms with van der Waals surface area (Å²) < 4.78 is 9.77. The molecule has 0 spiro atoms. The van der Waals surface area contributed by atoms with Crippen LogP contribution in [0.15, 0.2) is 12.2 Å². The van der Waals surface area contributed by atoms with Gasteiger partial charge in [0.05, 0.1) is 7.11 Å². The van der Waals surface area contributed by atoms with E-state index in [1.54, 1.807) is 7.11 Å². The molecule has 0 amide bonds. The Balaban J connectivity index is 3.45. The molecule has 0 aromatic heterocycles. The lowest BCUT2D eigenvalue weighted by atomic mass is 10.0. The van der Waals surface area contributed by atoms with Crippen molar-refractivity contribution in [2.75, 3.05) is 14.2 Å². The molecule has 0 aromatic carbocycles. The van der Waals surface area contributed by atoms with Crippen LogP contribution >= 0.6 is 0 Å². The van der Waals surface area contributed by atoms with Crippen molar-refractivity contribution in [2.24, 2.45) is 5.92 Å². The summed E-state index contributed by atoms with van der Waals surface area (Å²) >= 11 is 0. The van der Waals surface area contributed by atoms with Gasteiger partial charge in [-0.25, -0.2) is 4.79 Å². The van der Waals surface area contributed by atoms with Gasteiger partial charge >= 0.3 is 5.97 Å². The summed E-state index contributed by atoms with van der Waals surface area (Å²) in [4.78, 5) is 11.3. The minimum atomic E-state index is -0.413. The van der Waals surface area contributed by atoms with Gasteiger partial charge in [-0.2, -0.15) is 0 Å². The zero-order valence-corrected chi connectivity index (χ0v) is 13.7. The first kappa shape index (κ1) is 19.2. The van der Waals surface area contributed by atoms with Gasteiger partial charge in [0.1, 0.15) is 0 Å². The first-order valence-electron chi connectivity index (χ1n) is 7.87. The molecule has 0 aliphatic rings. The van der Waals surface area contributed by atoms with Crippen LogP contribution in [-0.2, 0) is 14.3 Å². The highest BCUT2D eigenvalue weighted by Gasteiger charge is 2.16. The van der Waals surface area contributed by atoms with Crippen molar-refractivity contribution in [3.63, 3.8) is 0 Å². The van der Waals surface area contributed by atoms with E-state index in [0.29, 0.717) is 0 Å². The topological polar surface area (TPSA) is 35.5 Å². The quantitative estimate of drug-likeness (QED) is 0.300. The third-order valence-corrected chi connectivity index (χ3v) is 3.40. The van der Waals surface area contributed by atoms with Gasteiger partial charge in [0.2, 0.25) is 0 Å². The molecule has 0 saturated heterocycles. The number of methoxy groups -OCH3 is 2. The van der Waals surface area contributed by atoms with Crippen LogP contribution in [0.3, 0.4) is 0 Å². The van der Waals surface area contributed by atoms with E-state index < -0.39 is 6.10 Å². The third-order valence-electron chi connectivity index (χ3n) is 3.40. The van der Waals surface area contributed by atoms with Gasteiger partial charge in [-0.3, -0.25) is 0 Å². The molecule has 118 valence electrons. The van der Waals surface area contributed by atoms with Crippen LogP contribution in [0.1, 0.15) is 65.2 Å². The molecule has 0 saturated carbocycles. The number of rotatable bonds is 12. The first-order valence-corrected chi connectivity index (χ1v) is 7.87. The molecule has 3 heteroatoms. The summed E-state index contributed by atoms with van der Waals surface area (Å²) in [5.74, 6) is 0.552. The van der Waals surface area contributed by atoms with Crippen molar-refractivity contribution < 1.29 is 14.3 Å². The number of unbranched alkanes of at least 4 members (excludes halogenated alkanes) is 4. The van der Waals surface area contributed by atoms with E-state index in [1.165, 1.54) is 39.2 Å². The van der Waals surface area contributed by atoms with E-state index >= 15 is 0 Å². The van der Waals surface area contributed by atoms with Gasteiger partial charge in [0, 0.05) is 7.11 Å². The van der Waals surface area contributed by atoms with E-state index in [1.807, 2.05) is 0 Å². The fourth-order valence-corrected chi connectivity index (χ4v) is 2.11. The molecular formula is C17H32O3. The summed E-state index contributed by atoms with van der Waals surface area (Å²) in [7, 11) is 2.95. The van der Waals surface area contributed by atoms with E-state index in [0.717, 1.165) is 25.2 Å². The largest absolute Gasteiger partial charge is 0.467 e. The van der Waals surface area contributed by atoms with Crippen LogP contribution in [0.25, 0.3) is 0 Å². The molecule has 0 aliphatic carbocycles. The SMILES string of the molecule is COC(=O)C(CCCC=CCCCCCC(C)C)OC. The van der Waals surface area contributed by atoms with Crippen molar-refractivity contribution in [1.29, 1.82) is 0 Å². The lowest BCUT2D eigenvalue weighted by Crippen LogP contribution is -2.24. The van der Waals surface area contributed by atoms with Crippen molar-refractivity contribution >= 4 is 5.97 Å². The second-order valence-corrected chi connectivity index (χ2v) is 5.68. The zero-order chi connectivity index (χ0) is 15.2. The molecule has 0 rings (SSSR count). The Morgan fingerprint density at radius 1 is 0.950 bits per heavy atom. The van der Waals surface area contributed by atoms with Gasteiger partial charge in [0.15, 0.2) is 6.10 Å². The highest BCUT2D eigenvalue weighted by atomic mass is 16.6. The van der Waals surface area contributed by atoms with Gasteiger partial charge < -0.3 is 9.47 Å². The van der Waals surface area contributed by atoms with Crippen LogP contribution in [0, 0.1) is 5.92 Å². The molecule has 20 heavy (non-hydrogen) atoms. The number of carbonyl (C=O) groups is 1. The second kappa shape index (κ2) is 13.2. The van der Waals surface area contributed by atoms with E-state index in [9.17, 15) is 4.79 Å². The number of allylic oxidation sites excluding steroid dienone is 2. The van der Waals surface area contributed by atoms with E-state index in [-0.39, 0.29) is 5.97 Å². The van der Waals surface area contributed by atoms with Crippen LogP contribution in [0.2, 0.25) is 0 Å². The van der Waals surface area contributed by atoms with Crippen molar-refractivity contribution in [2.45, 2.75) is 71.3 Å². The molecule has 1 atom stereocenters. The van der Waals surface area contributed by atoms with E-state index in [2.05, 4.69) is 30.7 Å².